The van der Waals surface area contributed by atoms with Gasteiger partial charge in [0.05, 0.1) is 9.79 Å². The Kier molecular flexibility index (Phi) is 4.53. The quantitative estimate of drug-likeness (QED) is 0.892. The van der Waals surface area contributed by atoms with E-state index in [9.17, 15) is 8.42 Å². The molecule has 2 aromatic carbocycles. The van der Waals surface area contributed by atoms with Gasteiger partial charge in [0, 0.05) is 24.2 Å². The third-order valence-corrected chi connectivity index (χ3v) is 7.57. The number of fused-ring (bicyclic) bond motifs is 3. The molecule has 2 aliphatic heterocycles. The van der Waals surface area contributed by atoms with E-state index in [2.05, 4.69) is 17.1 Å². The lowest BCUT2D eigenvalue weighted by Gasteiger charge is -2.17. The van der Waals surface area contributed by atoms with Gasteiger partial charge in [0.1, 0.15) is 0 Å². The predicted octanol–water partition coefficient (Wildman–Crippen LogP) is 3.82. The molecule has 0 saturated carbocycles. The van der Waals surface area contributed by atoms with Gasteiger partial charge in [-0.05, 0) is 74.3 Å². The fraction of sp³-hybridized carbons (Fsp3) is 0.429. The van der Waals surface area contributed by atoms with Crippen LogP contribution in [0, 0.1) is 6.92 Å². The monoisotopic (exact) mass is 370 g/mol. The Morgan fingerprint density at radius 3 is 2.62 bits per heavy atom. The number of aryl methyl sites for hydroxylation is 1. The van der Waals surface area contributed by atoms with Crippen molar-refractivity contribution in [2.75, 3.05) is 25.0 Å². The van der Waals surface area contributed by atoms with Gasteiger partial charge >= 0.3 is 0 Å². The molecule has 2 aromatic rings. The second-order valence-corrected chi connectivity index (χ2v) is 9.39. The molecule has 138 valence electrons. The third-order valence-electron chi connectivity index (χ3n) is 5.82. The Bertz CT molecular complexity index is 923. The Morgan fingerprint density at radius 1 is 1.08 bits per heavy atom. The molecule has 1 saturated heterocycles. The number of sulfone groups is 1. The first-order chi connectivity index (χ1) is 12.5. The fourth-order valence-corrected chi connectivity index (χ4v) is 5.68. The van der Waals surface area contributed by atoms with Crippen molar-refractivity contribution in [1.29, 1.82) is 0 Å². The van der Waals surface area contributed by atoms with Crippen LogP contribution < -0.4 is 5.32 Å². The maximum Gasteiger partial charge on any atom is 0.206 e. The summed E-state index contributed by atoms with van der Waals surface area (Å²) in [6, 6.07) is 13.2. The lowest BCUT2D eigenvalue weighted by molar-refractivity contribution is 0.298. The molecule has 26 heavy (non-hydrogen) atoms. The van der Waals surface area contributed by atoms with Crippen LogP contribution in [-0.4, -0.2) is 39.0 Å². The fourth-order valence-electron chi connectivity index (χ4n) is 4.28. The summed E-state index contributed by atoms with van der Waals surface area (Å²) < 4.78 is 26.2. The zero-order chi connectivity index (χ0) is 18.3. The zero-order valence-electron chi connectivity index (χ0n) is 15.4. The van der Waals surface area contributed by atoms with E-state index in [1.807, 2.05) is 25.1 Å². The van der Waals surface area contributed by atoms with Crippen LogP contribution in [0.5, 0.6) is 0 Å². The summed E-state index contributed by atoms with van der Waals surface area (Å²) >= 11 is 0. The van der Waals surface area contributed by atoms with Gasteiger partial charge in [0.2, 0.25) is 9.84 Å². The molecule has 5 heteroatoms. The normalized spacial score (nSPS) is 23.0. The first-order valence-corrected chi connectivity index (χ1v) is 10.9. The van der Waals surface area contributed by atoms with Gasteiger partial charge in [-0.2, -0.15) is 0 Å². The van der Waals surface area contributed by atoms with Crippen molar-refractivity contribution in [3.05, 3.63) is 53.6 Å². The minimum Gasteiger partial charge on any atom is -0.381 e. The maximum atomic E-state index is 13.1. The highest BCUT2D eigenvalue weighted by Gasteiger charge is 2.35. The average Bonchev–Trinajstić information content (AvgIpc) is 2.85. The van der Waals surface area contributed by atoms with Gasteiger partial charge < -0.3 is 10.2 Å². The van der Waals surface area contributed by atoms with Gasteiger partial charge in [-0.1, -0.05) is 19.1 Å². The first-order valence-electron chi connectivity index (χ1n) is 9.43. The summed E-state index contributed by atoms with van der Waals surface area (Å²) in [7, 11) is -3.48. The van der Waals surface area contributed by atoms with Crippen LogP contribution in [0.1, 0.15) is 36.8 Å². The number of hydrogen-bond acceptors (Lipinski definition) is 4. The number of hydrogen-bond donors (Lipinski definition) is 1. The van der Waals surface area contributed by atoms with E-state index in [0.717, 1.165) is 43.7 Å². The van der Waals surface area contributed by atoms with Crippen LogP contribution in [-0.2, 0) is 9.84 Å². The number of nitrogens with one attached hydrogen (secondary N) is 1. The molecule has 0 aromatic heterocycles. The Morgan fingerprint density at radius 2 is 1.85 bits per heavy atom. The lowest BCUT2D eigenvalue weighted by Crippen LogP contribution is -2.25. The zero-order valence-corrected chi connectivity index (χ0v) is 16.2. The van der Waals surface area contributed by atoms with Gasteiger partial charge in [-0.25, -0.2) is 8.42 Å². The molecule has 1 unspecified atom stereocenters. The number of rotatable bonds is 3. The molecule has 1 fully saturated rings. The molecular formula is C21H26N2O2S. The predicted molar refractivity (Wildman–Crippen MR) is 105 cm³/mol. The second kappa shape index (κ2) is 6.71. The van der Waals surface area contributed by atoms with E-state index in [4.69, 9.17) is 0 Å². The van der Waals surface area contributed by atoms with Crippen LogP contribution in [0.25, 0.3) is 0 Å². The SMILES string of the molecule is CCN1CCC2Nc3ccc(S(=O)(=O)c4cccc(C)c4)cc3[C@H]2CC1. The Balaban J connectivity index is 1.69. The second-order valence-electron chi connectivity index (χ2n) is 7.44. The highest BCUT2D eigenvalue weighted by molar-refractivity contribution is 7.91. The smallest absolute Gasteiger partial charge is 0.206 e. The van der Waals surface area contributed by atoms with E-state index < -0.39 is 9.84 Å². The number of anilines is 1. The molecule has 4 rings (SSSR count). The minimum atomic E-state index is -3.48. The summed E-state index contributed by atoms with van der Waals surface area (Å²) in [5, 5.41) is 3.63. The Hall–Kier alpha value is -1.85. The number of benzene rings is 2. The molecule has 0 spiro atoms. The largest absolute Gasteiger partial charge is 0.381 e. The molecule has 2 aliphatic rings. The van der Waals surface area contributed by atoms with Crippen LogP contribution in [0.4, 0.5) is 5.69 Å². The molecule has 4 nitrogen and oxygen atoms in total. The summed E-state index contributed by atoms with van der Waals surface area (Å²) in [5.74, 6) is 0.397. The standard InChI is InChI=1S/C21H26N2O2S/c1-3-23-11-9-18-19-14-17(7-8-20(19)22-21(18)10-12-23)26(24,25)16-6-4-5-15(2)13-16/h4-8,13-14,18,21-22H,3,9-12H2,1-2H3/t18-,21?/m1/s1. The van der Waals surface area contributed by atoms with Crippen LogP contribution in [0.3, 0.4) is 0 Å². The first kappa shape index (κ1) is 17.6. The summed E-state index contributed by atoms with van der Waals surface area (Å²) in [6.07, 6.45) is 2.18. The highest BCUT2D eigenvalue weighted by Crippen LogP contribution is 2.42. The molecule has 1 N–H and O–H groups in total. The van der Waals surface area contributed by atoms with Gasteiger partial charge in [0.25, 0.3) is 0 Å². The van der Waals surface area contributed by atoms with E-state index >= 15 is 0 Å². The molecule has 0 radical (unpaired) electrons. The van der Waals surface area contributed by atoms with Crippen LogP contribution >= 0.6 is 0 Å². The summed E-state index contributed by atoms with van der Waals surface area (Å²) in [4.78, 5) is 3.26. The molecule has 2 atom stereocenters. The molecule has 0 aliphatic carbocycles. The Labute approximate surface area is 156 Å². The van der Waals surface area contributed by atoms with E-state index in [1.54, 1.807) is 24.3 Å². The summed E-state index contributed by atoms with van der Waals surface area (Å²) in [5.41, 5.74) is 3.23. The molecule has 0 amide bonds. The number of likely N-dealkylation sites (tertiary alicyclic amines) is 1. The van der Waals surface area contributed by atoms with Crippen LogP contribution in [0.2, 0.25) is 0 Å². The lowest BCUT2D eigenvalue weighted by atomic mass is 9.91. The van der Waals surface area contributed by atoms with Crippen molar-refractivity contribution in [2.45, 2.75) is 48.4 Å². The van der Waals surface area contributed by atoms with Crippen molar-refractivity contribution in [2.24, 2.45) is 0 Å². The van der Waals surface area contributed by atoms with Gasteiger partial charge in [0.15, 0.2) is 0 Å². The average molecular weight is 371 g/mol. The van der Waals surface area contributed by atoms with E-state index in [1.165, 1.54) is 5.56 Å². The van der Waals surface area contributed by atoms with Crippen molar-refractivity contribution < 1.29 is 8.42 Å². The molecule has 2 heterocycles. The van der Waals surface area contributed by atoms with Crippen molar-refractivity contribution in [1.82, 2.24) is 4.90 Å². The third kappa shape index (κ3) is 3.03. The highest BCUT2D eigenvalue weighted by atomic mass is 32.2. The number of nitrogens with zero attached hydrogens (tertiary/aromatic N) is 1. The van der Waals surface area contributed by atoms with Crippen molar-refractivity contribution in [3.8, 4) is 0 Å². The van der Waals surface area contributed by atoms with Gasteiger partial charge in [-0.3, -0.25) is 0 Å². The van der Waals surface area contributed by atoms with E-state index in [0.29, 0.717) is 21.8 Å². The summed E-state index contributed by atoms with van der Waals surface area (Å²) in [6.45, 7) is 7.38. The van der Waals surface area contributed by atoms with Crippen molar-refractivity contribution in [3.63, 3.8) is 0 Å². The molecule has 0 bridgehead atoms. The minimum absolute atomic E-state index is 0.373. The molecular weight excluding hydrogens is 344 g/mol. The topological polar surface area (TPSA) is 49.4 Å². The maximum absolute atomic E-state index is 13.1. The van der Waals surface area contributed by atoms with E-state index in [-0.39, 0.29) is 0 Å². The van der Waals surface area contributed by atoms with Crippen molar-refractivity contribution >= 4 is 15.5 Å². The van der Waals surface area contributed by atoms with Crippen LogP contribution in [0.15, 0.2) is 52.3 Å². The van der Waals surface area contributed by atoms with Gasteiger partial charge in [-0.15, -0.1) is 0 Å².